The van der Waals surface area contributed by atoms with Crippen LogP contribution in [-0.4, -0.2) is 20.1 Å². The van der Waals surface area contributed by atoms with Crippen LogP contribution in [-0.2, 0) is 4.79 Å². The van der Waals surface area contributed by atoms with Crippen LogP contribution >= 0.6 is 23.2 Å². The molecule has 0 radical (unpaired) electrons. The minimum absolute atomic E-state index is 0.137. The Kier molecular flexibility index (Phi) is 6.03. The summed E-state index contributed by atoms with van der Waals surface area (Å²) in [6.45, 7) is 0. The average Bonchev–Trinajstić information content (AvgIpc) is 3.10. The SMILES string of the molecule is COc1ccc(/C=C2\C=C(c3ccc(Cl)cc3)N(c3ccc(Cl)cc3)C2=O)cc1OC. The third kappa shape index (κ3) is 4.31. The smallest absolute Gasteiger partial charge is 0.262 e. The summed E-state index contributed by atoms with van der Waals surface area (Å²) in [6, 6.07) is 20.1. The van der Waals surface area contributed by atoms with Gasteiger partial charge in [0.1, 0.15) is 0 Å². The maximum Gasteiger partial charge on any atom is 0.262 e. The van der Waals surface area contributed by atoms with E-state index >= 15 is 0 Å². The average molecular weight is 452 g/mol. The summed E-state index contributed by atoms with van der Waals surface area (Å²) in [5.74, 6) is 1.09. The Morgan fingerprint density at radius 2 is 1.42 bits per heavy atom. The third-order valence-corrected chi connectivity index (χ3v) is 5.44. The molecular weight excluding hydrogens is 433 g/mol. The summed E-state index contributed by atoms with van der Waals surface area (Å²) >= 11 is 12.1. The molecule has 1 heterocycles. The van der Waals surface area contributed by atoms with Gasteiger partial charge in [-0.05, 0) is 71.8 Å². The molecule has 1 aliphatic heterocycles. The standard InChI is InChI=1S/C25H19Cl2NO3/c1-30-23-12-3-16(14-24(23)31-2)13-18-15-22(17-4-6-19(26)7-5-17)28(25(18)29)21-10-8-20(27)9-11-21/h3-15H,1-2H3/b18-13+. The molecule has 4 rings (SSSR count). The number of benzene rings is 3. The minimum Gasteiger partial charge on any atom is -0.493 e. The number of nitrogens with zero attached hydrogens (tertiary/aromatic N) is 1. The lowest BCUT2D eigenvalue weighted by molar-refractivity contribution is -0.113. The molecular formula is C25H19Cl2NO3. The number of hydrogen-bond donors (Lipinski definition) is 0. The molecule has 1 amide bonds. The zero-order valence-corrected chi connectivity index (χ0v) is 18.4. The molecule has 3 aromatic rings. The summed E-state index contributed by atoms with van der Waals surface area (Å²) in [7, 11) is 3.16. The Bertz CT molecular complexity index is 1180. The quantitative estimate of drug-likeness (QED) is 0.416. The first-order valence-electron chi connectivity index (χ1n) is 9.51. The molecule has 0 saturated heterocycles. The van der Waals surface area contributed by atoms with Crippen molar-refractivity contribution in [2.24, 2.45) is 0 Å². The van der Waals surface area contributed by atoms with Crippen LogP contribution in [0.1, 0.15) is 11.1 Å². The first kappa shape index (κ1) is 21.0. The second kappa shape index (κ2) is 8.88. The molecule has 4 nitrogen and oxygen atoms in total. The summed E-state index contributed by atoms with van der Waals surface area (Å²) in [4.78, 5) is 15.1. The molecule has 156 valence electrons. The summed E-state index contributed by atoms with van der Waals surface area (Å²) < 4.78 is 10.7. The van der Waals surface area contributed by atoms with Crippen molar-refractivity contribution in [3.05, 3.63) is 99.6 Å². The molecule has 0 saturated carbocycles. The van der Waals surface area contributed by atoms with E-state index < -0.39 is 0 Å². The highest BCUT2D eigenvalue weighted by molar-refractivity contribution is 6.31. The number of ether oxygens (including phenoxy) is 2. The van der Waals surface area contributed by atoms with Gasteiger partial charge in [0.2, 0.25) is 0 Å². The van der Waals surface area contributed by atoms with Crippen LogP contribution in [0.4, 0.5) is 5.69 Å². The van der Waals surface area contributed by atoms with Crippen molar-refractivity contribution in [3.63, 3.8) is 0 Å². The van der Waals surface area contributed by atoms with Crippen LogP contribution in [0.5, 0.6) is 11.5 Å². The number of methoxy groups -OCH3 is 2. The second-order valence-corrected chi connectivity index (χ2v) is 7.74. The van der Waals surface area contributed by atoms with Gasteiger partial charge in [-0.1, -0.05) is 41.4 Å². The Morgan fingerprint density at radius 1 is 0.806 bits per heavy atom. The van der Waals surface area contributed by atoms with Crippen molar-refractivity contribution in [2.45, 2.75) is 0 Å². The number of amides is 1. The molecule has 31 heavy (non-hydrogen) atoms. The van der Waals surface area contributed by atoms with E-state index in [-0.39, 0.29) is 5.91 Å². The Labute approximate surface area is 190 Å². The van der Waals surface area contributed by atoms with E-state index in [1.807, 2.05) is 54.6 Å². The molecule has 0 spiro atoms. The number of rotatable bonds is 5. The highest BCUT2D eigenvalue weighted by atomic mass is 35.5. The zero-order chi connectivity index (χ0) is 22.0. The number of hydrogen-bond acceptors (Lipinski definition) is 3. The van der Waals surface area contributed by atoms with Crippen molar-refractivity contribution < 1.29 is 14.3 Å². The van der Waals surface area contributed by atoms with Gasteiger partial charge in [-0.15, -0.1) is 0 Å². The van der Waals surface area contributed by atoms with Gasteiger partial charge >= 0.3 is 0 Å². The van der Waals surface area contributed by atoms with Crippen LogP contribution in [0.25, 0.3) is 11.8 Å². The molecule has 6 heteroatoms. The lowest BCUT2D eigenvalue weighted by Crippen LogP contribution is -2.24. The molecule has 3 aromatic carbocycles. The predicted octanol–water partition coefficient (Wildman–Crippen LogP) is 6.48. The van der Waals surface area contributed by atoms with E-state index in [9.17, 15) is 4.79 Å². The van der Waals surface area contributed by atoms with Crippen molar-refractivity contribution in [2.75, 3.05) is 19.1 Å². The second-order valence-electron chi connectivity index (χ2n) is 6.87. The van der Waals surface area contributed by atoms with Gasteiger partial charge in [-0.2, -0.15) is 0 Å². The normalized spacial score (nSPS) is 14.7. The molecule has 0 aromatic heterocycles. The fourth-order valence-corrected chi connectivity index (χ4v) is 3.67. The fraction of sp³-hybridized carbons (Fsp3) is 0.0800. The van der Waals surface area contributed by atoms with E-state index in [1.54, 1.807) is 43.4 Å². The van der Waals surface area contributed by atoms with Crippen molar-refractivity contribution >= 4 is 46.6 Å². The van der Waals surface area contributed by atoms with Gasteiger partial charge in [-0.3, -0.25) is 9.69 Å². The number of carbonyl (C=O) groups excluding carboxylic acids is 1. The number of halogens is 2. The van der Waals surface area contributed by atoms with Crippen LogP contribution in [0, 0.1) is 0 Å². The van der Waals surface area contributed by atoms with Gasteiger partial charge in [-0.25, -0.2) is 0 Å². The highest BCUT2D eigenvalue weighted by Gasteiger charge is 2.30. The van der Waals surface area contributed by atoms with Crippen LogP contribution in [0.15, 0.2) is 78.4 Å². The van der Waals surface area contributed by atoms with Crippen LogP contribution in [0.3, 0.4) is 0 Å². The van der Waals surface area contributed by atoms with Crippen molar-refractivity contribution in [1.29, 1.82) is 0 Å². The third-order valence-electron chi connectivity index (χ3n) is 4.94. The van der Waals surface area contributed by atoms with E-state index in [0.29, 0.717) is 27.1 Å². The first-order valence-corrected chi connectivity index (χ1v) is 10.3. The van der Waals surface area contributed by atoms with Gasteiger partial charge in [0.15, 0.2) is 11.5 Å². The minimum atomic E-state index is -0.137. The highest BCUT2D eigenvalue weighted by Crippen LogP contribution is 2.37. The molecule has 1 aliphatic rings. The van der Waals surface area contributed by atoms with Gasteiger partial charge in [0.25, 0.3) is 5.91 Å². The topological polar surface area (TPSA) is 38.8 Å². The lowest BCUT2D eigenvalue weighted by Gasteiger charge is -2.21. The van der Waals surface area contributed by atoms with Crippen LogP contribution in [0.2, 0.25) is 10.0 Å². The molecule has 0 atom stereocenters. The molecule has 0 unspecified atom stereocenters. The zero-order valence-electron chi connectivity index (χ0n) is 16.9. The van der Waals surface area contributed by atoms with Gasteiger partial charge in [0.05, 0.1) is 19.9 Å². The summed E-state index contributed by atoms with van der Waals surface area (Å²) in [5.41, 5.74) is 3.74. The van der Waals surface area contributed by atoms with Crippen molar-refractivity contribution in [3.8, 4) is 11.5 Å². The summed E-state index contributed by atoms with van der Waals surface area (Å²) in [5, 5.41) is 1.24. The monoisotopic (exact) mass is 451 g/mol. The fourth-order valence-electron chi connectivity index (χ4n) is 3.42. The van der Waals surface area contributed by atoms with E-state index in [4.69, 9.17) is 32.7 Å². The van der Waals surface area contributed by atoms with E-state index in [0.717, 1.165) is 22.5 Å². The number of carbonyl (C=O) groups is 1. The molecule has 0 N–H and O–H groups in total. The Morgan fingerprint density at radius 3 is 2.03 bits per heavy atom. The van der Waals surface area contributed by atoms with Crippen molar-refractivity contribution in [1.82, 2.24) is 0 Å². The predicted molar refractivity (Wildman–Crippen MR) is 126 cm³/mol. The lowest BCUT2D eigenvalue weighted by atomic mass is 10.1. The first-order chi connectivity index (χ1) is 15.0. The largest absolute Gasteiger partial charge is 0.493 e. The van der Waals surface area contributed by atoms with E-state index in [2.05, 4.69) is 0 Å². The molecule has 0 aliphatic carbocycles. The number of anilines is 1. The maximum atomic E-state index is 13.4. The Hall–Kier alpha value is -3.21. The van der Waals surface area contributed by atoms with E-state index in [1.165, 1.54) is 0 Å². The molecule has 0 bridgehead atoms. The Balaban J connectivity index is 1.80. The van der Waals surface area contributed by atoms with Crippen LogP contribution < -0.4 is 14.4 Å². The van der Waals surface area contributed by atoms with Gasteiger partial charge < -0.3 is 9.47 Å². The van der Waals surface area contributed by atoms with Gasteiger partial charge in [0, 0.05) is 21.3 Å². The maximum absolute atomic E-state index is 13.4. The summed E-state index contributed by atoms with van der Waals surface area (Å²) in [6.07, 6.45) is 3.70. The molecule has 0 fully saturated rings.